The fourth-order valence-corrected chi connectivity index (χ4v) is 0.828. The monoisotopic (exact) mass is 191 g/mol. The number of ether oxygens (including phenoxy) is 1. The van der Waals surface area contributed by atoms with Crippen LogP contribution in [0.1, 0.15) is 12.8 Å². The molecule has 0 atom stereocenters. The number of esters is 1. The fourth-order valence-electron chi connectivity index (χ4n) is 0.828. The van der Waals surface area contributed by atoms with Crippen LogP contribution < -0.4 is 5.32 Å². The first kappa shape index (κ1) is 12.3. The smallest absolute Gasteiger partial charge is 0.305 e. The van der Waals surface area contributed by atoms with Crippen LogP contribution in [0, 0.1) is 0 Å². The molecule has 0 fully saturated rings. The van der Waals surface area contributed by atoms with Crippen molar-refractivity contribution in [3.63, 3.8) is 0 Å². The highest BCUT2D eigenvalue weighted by Gasteiger charge is 2.04. The highest BCUT2D eigenvalue weighted by atomic mass is 16.5. The molecule has 0 rings (SSSR count). The molecule has 3 N–H and O–H groups in total. The Kier molecular flexibility index (Phi) is 7.57. The lowest BCUT2D eigenvalue weighted by Gasteiger charge is -2.12. The summed E-state index contributed by atoms with van der Waals surface area (Å²) in [5.74, 6) is -0.244. The molecule has 0 spiro atoms. The van der Waals surface area contributed by atoms with E-state index in [1.54, 1.807) is 0 Å². The summed E-state index contributed by atoms with van der Waals surface area (Å²) >= 11 is 0. The van der Waals surface area contributed by atoms with E-state index >= 15 is 0 Å². The van der Waals surface area contributed by atoms with Crippen molar-refractivity contribution in [3.05, 3.63) is 0 Å². The number of hydrogen-bond acceptors (Lipinski definition) is 5. The molecule has 78 valence electrons. The third-order valence-corrected chi connectivity index (χ3v) is 1.66. The normalized spacial score (nSPS) is 10.5. The lowest BCUT2D eigenvalue weighted by atomic mass is 10.3. The van der Waals surface area contributed by atoms with Crippen molar-refractivity contribution in [1.29, 1.82) is 0 Å². The molecular formula is C8H17NO4. The molecule has 0 radical (unpaired) electrons. The van der Waals surface area contributed by atoms with Crippen molar-refractivity contribution in [2.75, 3.05) is 26.9 Å². The van der Waals surface area contributed by atoms with E-state index in [9.17, 15) is 4.79 Å². The Morgan fingerprint density at radius 3 is 2.54 bits per heavy atom. The molecule has 0 aromatic heterocycles. The number of aliphatic hydroxyl groups excluding tert-OH is 2. The van der Waals surface area contributed by atoms with E-state index in [0.717, 1.165) is 0 Å². The first-order chi connectivity index (χ1) is 6.24. The minimum absolute atomic E-state index is 0.102. The molecule has 0 amide bonds. The average molecular weight is 191 g/mol. The second-order valence-electron chi connectivity index (χ2n) is 2.70. The van der Waals surface area contributed by atoms with Crippen LogP contribution in [0.2, 0.25) is 0 Å². The summed E-state index contributed by atoms with van der Waals surface area (Å²) in [6.07, 6.45) is 0.996. The van der Waals surface area contributed by atoms with Crippen molar-refractivity contribution in [1.82, 2.24) is 5.32 Å². The second kappa shape index (κ2) is 7.97. The van der Waals surface area contributed by atoms with Crippen molar-refractivity contribution >= 4 is 5.97 Å². The van der Waals surface area contributed by atoms with Crippen molar-refractivity contribution in [2.24, 2.45) is 0 Å². The van der Waals surface area contributed by atoms with Crippen molar-refractivity contribution in [2.45, 2.75) is 18.9 Å². The van der Waals surface area contributed by atoms with Gasteiger partial charge < -0.3 is 20.3 Å². The van der Waals surface area contributed by atoms with E-state index in [2.05, 4.69) is 10.1 Å². The fraction of sp³-hybridized carbons (Fsp3) is 0.875. The third kappa shape index (κ3) is 6.51. The van der Waals surface area contributed by atoms with Crippen LogP contribution in [0.4, 0.5) is 0 Å². The van der Waals surface area contributed by atoms with Gasteiger partial charge in [0.2, 0.25) is 0 Å². The van der Waals surface area contributed by atoms with E-state index in [0.29, 0.717) is 19.4 Å². The van der Waals surface area contributed by atoms with Gasteiger partial charge in [0.15, 0.2) is 0 Å². The van der Waals surface area contributed by atoms with Crippen LogP contribution in [0.3, 0.4) is 0 Å². The van der Waals surface area contributed by atoms with Gasteiger partial charge >= 0.3 is 5.97 Å². The molecule has 0 aromatic carbocycles. The van der Waals surface area contributed by atoms with Crippen LogP contribution in [0.5, 0.6) is 0 Å². The molecule has 0 heterocycles. The van der Waals surface area contributed by atoms with E-state index in [1.165, 1.54) is 7.11 Å². The minimum atomic E-state index is -0.294. The Balaban J connectivity index is 3.28. The first-order valence-corrected chi connectivity index (χ1v) is 4.26. The van der Waals surface area contributed by atoms with Gasteiger partial charge in [-0.1, -0.05) is 0 Å². The van der Waals surface area contributed by atoms with Gasteiger partial charge in [-0.2, -0.15) is 0 Å². The molecule has 5 nitrogen and oxygen atoms in total. The summed E-state index contributed by atoms with van der Waals surface area (Å²) in [7, 11) is 1.35. The van der Waals surface area contributed by atoms with Gasteiger partial charge in [0, 0.05) is 6.42 Å². The van der Waals surface area contributed by atoms with Gasteiger partial charge in [0.05, 0.1) is 26.4 Å². The Morgan fingerprint density at radius 2 is 2.08 bits per heavy atom. The molecule has 0 saturated carbocycles. The third-order valence-electron chi connectivity index (χ3n) is 1.66. The summed E-state index contributed by atoms with van der Waals surface area (Å²) in [6.45, 7) is 0.379. The number of rotatable bonds is 7. The molecule has 0 unspecified atom stereocenters. The van der Waals surface area contributed by atoms with Crippen molar-refractivity contribution in [3.8, 4) is 0 Å². The summed E-state index contributed by atoms with van der Waals surface area (Å²) in [5, 5.41) is 20.2. The molecule has 13 heavy (non-hydrogen) atoms. The predicted octanol–water partition coefficient (Wildman–Crippen LogP) is -1.12. The molecule has 0 saturated heterocycles. The largest absolute Gasteiger partial charge is 0.469 e. The van der Waals surface area contributed by atoms with Crippen LogP contribution in [-0.2, 0) is 9.53 Å². The topological polar surface area (TPSA) is 78.8 Å². The van der Waals surface area contributed by atoms with Crippen LogP contribution in [0.25, 0.3) is 0 Å². The van der Waals surface area contributed by atoms with E-state index < -0.39 is 0 Å². The lowest BCUT2D eigenvalue weighted by Crippen LogP contribution is -2.36. The van der Waals surface area contributed by atoms with Gasteiger partial charge in [0.25, 0.3) is 0 Å². The lowest BCUT2D eigenvalue weighted by molar-refractivity contribution is -0.140. The Hall–Kier alpha value is -0.650. The quantitative estimate of drug-likeness (QED) is 0.351. The minimum Gasteiger partial charge on any atom is -0.469 e. The van der Waals surface area contributed by atoms with Gasteiger partial charge in [-0.05, 0) is 13.0 Å². The van der Waals surface area contributed by atoms with E-state index in [1.807, 2.05) is 0 Å². The van der Waals surface area contributed by atoms with Crippen molar-refractivity contribution < 1.29 is 19.7 Å². The highest BCUT2D eigenvalue weighted by Crippen LogP contribution is 1.90. The number of carbonyl (C=O) groups is 1. The maximum absolute atomic E-state index is 10.6. The van der Waals surface area contributed by atoms with Crippen LogP contribution in [0.15, 0.2) is 0 Å². The number of aliphatic hydroxyl groups is 2. The first-order valence-electron chi connectivity index (χ1n) is 4.26. The molecule has 0 aliphatic carbocycles. The summed E-state index contributed by atoms with van der Waals surface area (Å²) in [6, 6.07) is -0.294. The molecule has 0 aliphatic rings. The van der Waals surface area contributed by atoms with E-state index in [-0.39, 0.29) is 25.2 Å². The maximum Gasteiger partial charge on any atom is 0.305 e. The zero-order valence-electron chi connectivity index (χ0n) is 7.82. The summed E-state index contributed by atoms with van der Waals surface area (Å²) < 4.78 is 4.44. The average Bonchev–Trinajstić information content (AvgIpc) is 2.18. The van der Waals surface area contributed by atoms with Gasteiger partial charge in [-0.25, -0.2) is 0 Å². The molecule has 0 bridgehead atoms. The Labute approximate surface area is 77.7 Å². The molecular weight excluding hydrogens is 174 g/mol. The zero-order chi connectivity index (χ0) is 10.1. The zero-order valence-corrected chi connectivity index (χ0v) is 7.82. The number of carbonyl (C=O) groups excluding carboxylic acids is 1. The van der Waals surface area contributed by atoms with Gasteiger partial charge in [0.1, 0.15) is 0 Å². The number of nitrogens with one attached hydrogen (secondary N) is 1. The van der Waals surface area contributed by atoms with E-state index in [4.69, 9.17) is 10.2 Å². The molecule has 0 aromatic rings. The highest BCUT2D eigenvalue weighted by molar-refractivity contribution is 5.69. The molecule has 5 heteroatoms. The Morgan fingerprint density at radius 1 is 1.46 bits per heavy atom. The Bertz CT molecular complexity index is 136. The SMILES string of the molecule is COC(=O)CCCNC(CO)CO. The predicted molar refractivity (Wildman–Crippen MR) is 47.2 cm³/mol. The maximum atomic E-state index is 10.6. The summed E-state index contributed by atoms with van der Waals surface area (Å²) in [5.41, 5.74) is 0. The molecule has 0 aliphatic heterocycles. The van der Waals surface area contributed by atoms with Gasteiger partial charge in [-0.15, -0.1) is 0 Å². The standard InChI is InChI=1S/C8H17NO4/c1-13-8(12)3-2-4-9-7(5-10)6-11/h7,9-11H,2-6H2,1H3. The number of hydrogen-bond donors (Lipinski definition) is 3. The summed E-state index contributed by atoms with van der Waals surface area (Å²) in [4.78, 5) is 10.6. The van der Waals surface area contributed by atoms with Crippen LogP contribution >= 0.6 is 0 Å². The van der Waals surface area contributed by atoms with Gasteiger partial charge in [-0.3, -0.25) is 4.79 Å². The second-order valence-corrected chi connectivity index (χ2v) is 2.70. The number of methoxy groups -OCH3 is 1. The van der Waals surface area contributed by atoms with Crippen LogP contribution in [-0.4, -0.2) is 49.1 Å².